The third-order valence-corrected chi connectivity index (χ3v) is 2.93. The normalized spacial score (nSPS) is 14.4. The summed E-state index contributed by atoms with van der Waals surface area (Å²) >= 11 is 0. The van der Waals surface area contributed by atoms with Crippen molar-refractivity contribution in [2.24, 2.45) is 0 Å². The number of rotatable bonds is 4. The van der Waals surface area contributed by atoms with Crippen molar-refractivity contribution in [3.8, 4) is 5.75 Å². The molecule has 18 heavy (non-hydrogen) atoms. The fourth-order valence-electron chi connectivity index (χ4n) is 1.81. The quantitative estimate of drug-likeness (QED) is 0.865. The molecule has 1 aliphatic rings. The van der Waals surface area contributed by atoms with E-state index in [4.69, 9.17) is 4.74 Å². The number of nitrogens with zero attached hydrogens (tertiary/aromatic N) is 2. The van der Waals surface area contributed by atoms with Crippen LogP contribution in [0.1, 0.15) is 0 Å². The molecule has 0 aromatic heterocycles. The van der Waals surface area contributed by atoms with Gasteiger partial charge in [-0.2, -0.15) is 0 Å². The standard InChI is InChI=1S/C13H19N3O2/c1-15(2)7-6-14-10-4-5-12-11(8-10)16(3)13(17)9-18-12/h4-5,8,14H,6-7,9H2,1-3H3. The highest BCUT2D eigenvalue weighted by molar-refractivity contribution is 5.97. The van der Waals surface area contributed by atoms with Gasteiger partial charge in [-0.05, 0) is 32.3 Å². The first-order valence-corrected chi connectivity index (χ1v) is 6.00. The minimum atomic E-state index is -0.0204. The van der Waals surface area contributed by atoms with Crippen LogP contribution < -0.4 is 15.0 Å². The van der Waals surface area contributed by atoms with E-state index in [0.29, 0.717) is 0 Å². The molecule has 0 aliphatic carbocycles. The highest BCUT2D eigenvalue weighted by Gasteiger charge is 2.22. The third-order valence-electron chi connectivity index (χ3n) is 2.93. The Bertz CT molecular complexity index is 446. The molecular weight excluding hydrogens is 230 g/mol. The molecule has 0 radical (unpaired) electrons. The third kappa shape index (κ3) is 2.73. The molecule has 1 aliphatic heterocycles. The Morgan fingerprint density at radius 1 is 1.44 bits per heavy atom. The van der Waals surface area contributed by atoms with E-state index in [1.807, 2.05) is 32.3 Å². The molecule has 0 atom stereocenters. The predicted molar refractivity (Wildman–Crippen MR) is 72.4 cm³/mol. The number of fused-ring (bicyclic) bond motifs is 1. The maximum absolute atomic E-state index is 11.5. The van der Waals surface area contributed by atoms with E-state index in [1.165, 1.54) is 0 Å². The van der Waals surface area contributed by atoms with Crippen molar-refractivity contribution in [2.45, 2.75) is 0 Å². The second-order valence-corrected chi connectivity index (χ2v) is 4.65. The van der Waals surface area contributed by atoms with Crippen LogP contribution in [-0.4, -0.2) is 51.6 Å². The molecule has 0 saturated carbocycles. The van der Waals surface area contributed by atoms with Gasteiger partial charge in [0.15, 0.2) is 6.61 Å². The van der Waals surface area contributed by atoms with Crippen molar-refractivity contribution in [1.29, 1.82) is 0 Å². The van der Waals surface area contributed by atoms with E-state index in [9.17, 15) is 4.79 Å². The van der Waals surface area contributed by atoms with Crippen molar-refractivity contribution in [1.82, 2.24) is 4.90 Å². The number of carbonyl (C=O) groups excluding carboxylic acids is 1. The number of carbonyl (C=O) groups is 1. The summed E-state index contributed by atoms with van der Waals surface area (Å²) in [5.74, 6) is 0.739. The number of nitrogens with one attached hydrogen (secondary N) is 1. The highest BCUT2D eigenvalue weighted by Crippen LogP contribution is 2.33. The minimum absolute atomic E-state index is 0.0204. The molecule has 98 valence electrons. The molecule has 0 bridgehead atoms. The van der Waals surface area contributed by atoms with Crippen LogP contribution in [0.5, 0.6) is 5.75 Å². The summed E-state index contributed by atoms with van der Waals surface area (Å²) in [5, 5.41) is 3.33. The van der Waals surface area contributed by atoms with Crippen LogP contribution in [0.2, 0.25) is 0 Å². The van der Waals surface area contributed by atoms with Gasteiger partial charge in [0.25, 0.3) is 5.91 Å². The Morgan fingerprint density at radius 2 is 2.22 bits per heavy atom. The van der Waals surface area contributed by atoms with Crippen LogP contribution in [0.15, 0.2) is 18.2 Å². The first-order valence-electron chi connectivity index (χ1n) is 6.00. The summed E-state index contributed by atoms with van der Waals surface area (Å²) in [7, 11) is 5.84. The van der Waals surface area contributed by atoms with Crippen LogP contribution in [0.25, 0.3) is 0 Å². The Labute approximate surface area is 107 Å². The maximum atomic E-state index is 11.5. The number of hydrogen-bond donors (Lipinski definition) is 1. The minimum Gasteiger partial charge on any atom is -0.482 e. The summed E-state index contributed by atoms with van der Waals surface area (Å²) in [6.45, 7) is 1.95. The van der Waals surface area contributed by atoms with Crippen LogP contribution in [0.4, 0.5) is 11.4 Å². The zero-order valence-electron chi connectivity index (χ0n) is 11.1. The van der Waals surface area contributed by atoms with Gasteiger partial charge in [0.1, 0.15) is 5.75 Å². The summed E-state index contributed by atoms with van der Waals surface area (Å²) in [6, 6.07) is 5.82. The zero-order chi connectivity index (χ0) is 13.1. The Balaban J connectivity index is 2.08. The molecule has 1 aromatic rings. The molecule has 5 nitrogen and oxygen atoms in total. The van der Waals surface area contributed by atoms with E-state index in [0.717, 1.165) is 30.2 Å². The largest absolute Gasteiger partial charge is 0.482 e. The fraction of sp³-hybridized carbons (Fsp3) is 0.462. The monoisotopic (exact) mass is 249 g/mol. The van der Waals surface area contributed by atoms with Gasteiger partial charge in [-0.1, -0.05) is 0 Å². The number of likely N-dealkylation sites (N-methyl/N-ethyl adjacent to an activating group) is 2. The first-order chi connectivity index (χ1) is 8.58. The average molecular weight is 249 g/mol. The molecule has 1 N–H and O–H groups in total. The Kier molecular flexibility index (Phi) is 3.72. The fourth-order valence-corrected chi connectivity index (χ4v) is 1.81. The van der Waals surface area contributed by atoms with Gasteiger partial charge >= 0.3 is 0 Å². The summed E-state index contributed by atoms with van der Waals surface area (Å²) in [6.07, 6.45) is 0. The molecule has 1 heterocycles. The van der Waals surface area contributed by atoms with Gasteiger partial charge in [0.05, 0.1) is 5.69 Å². The van der Waals surface area contributed by atoms with E-state index in [1.54, 1.807) is 11.9 Å². The average Bonchev–Trinajstić information content (AvgIpc) is 2.34. The molecule has 0 unspecified atom stereocenters. The smallest absolute Gasteiger partial charge is 0.264 e. The van der Waals surface area contributed by atoms with E-state index < -0.39 is 0 Å². The van der Waals surface area contributed by atoms with Crippen LogP contribution >= 0.6 is 0 Å². The van der Waals surface area contributed by atoms with E-state index in [2.05, 4.69) is 10.2 Å². The Morgan fingerprint density at radius 3 is 2.94 bits per heavy atom. The second-order valence-electron chi connectivity index (χ2n) is 4.65. The maximum Gasteiger partial charge on any atom is 0.264 e. The molecule has 0 saturated heterocycles. The number of hydrogen-bond acceptors (Lipinski definition) is 4. The Hall–Kier alpha value is -1.75. The van der Waals surface area contributed by atoms with Gasteiger partial charge in [0.2, 0.25) is 0 Å². The van der Waals surface area contributed by atoms with E-state index in [-0.39, 0.29) is 12.5 Å². The molecule has 2 rings (SSSR count). The number of benzene rings is 1. The van der Waals surface area contributed by atoms with Gasteiger partial charge < -0.3 is 19.9 Å². The lowest BCUT2D eigenvalue weighted by Crippen LogP contribution is -2.35. The number of amides is 1. The molecular formula is C13H19N3O2. The van der Waals surface area contributed by atoms with Crippen LogP contribution in [0, 0.1) is 0 Å². The van der Waals surface area contributed by atoms with Crippen molar-refractivity contribution >= 4 is 17.3 Å². The first kappa shape index (κ1) is 12.7. The van der Waals surface area contributed by atoms with Crippen LogP contribution in [-0.2, 0) is 4.79 Å². The zero-order valence-corrected chi connectivity index (χ0v) is 11.1. The van der Waals surface area contributed by atoms with Gasteiger partial charge in [-0.3, -0.25) is 4.79 Å². The second kappa shape index (κ2) is 5.27. The lowest BCUT2D eigenvalue weighted by Gasteiger charge is -2.26. The van der Waals surface area contributed by atoms with Crippen molar-refractivity contribution < 1.29 is 9.53 Å². The summed E-state index contributed by atoms with van der Waals surface area (Å²) < 4.78 is 5.38. The molecule has 0 fully saturated rings. The van der Waals surface area contributed by atoms with Crippen molar-refractivity contribution in [3.05, 3.63) is 18.2 Å². The summed E-state index contributed by atoms with van der Waals surface area (Å²) in [5.41, 5.74) is 1.82. The molecule has 0 spiro atoms. The van der Waals surface area contributed by atoms with Crippen molar-refractivity contribution in [2.75, 3.05) is 51.1 Å². The lowest BCUT2D eigenvalue weighted by molar-refractivity contribution is -0.120. The molecule has 1 amide bonds. The van der Waals surface area contributed by atoms with E-state index >= 15 is 0 Å². The van der Waals surface area contributed by atoms with Gasteiger partial charge in [-0.15, -0.1) is 0 Å². The SMILES string of the molecule is CN(C)CCNc1ccc2c(c1)N(C)C(=O)CO2. The van der Waals surface area contributed by atoms with Crippen LogP contribution in [0.3, 0.4) is 0 Å². The number of anilines is 2. The van der Waals surface area contributed by atoms with Crippen molar-refractivity contribution in [3.63, 3.8) is 0 Å². The highest BCUT2D eigenvalue weighted by atomic mass is 16.5. The van der Waals surface area contributed by atoms with Gasteiger partial charge in [-0.25, -0.2) is 0 Å². The predicted octanol–water partition coefficient (Wildman–Crippen LogP) is 1.02. The number of ether oxygens (including phenoxy) is 1. The lowest BCUT2D eigenvalue weighted by atomic mass is 10.2. The topological polar surface area (TPSA) is 44.8 Å². The molecule has 5 heteroatoms. The molecule has 1 aromatic carbocycles. The van der Waals surface area contributed by atoms with Gasteiger partial charge in [0, 0.05) is 25.8 Å². The summed E-state index contributed by atoms with van der Waals surface area (Å²) in [4.78, 5) is 15.3.